The second-order valence-electron chi connectivity index (χ2n) is 9.38. The summed E-state index contributed by atoms with van der Waals surface area (Å²) in [5, 5.41) is 14.6. The fourth-order valence-corrected chi connectivity index (χ4v) is 4.93. The number of carbonyl (C=O) groups is 3. The van der Waals surface area contributed by atoms with Crippen molar-refractivity contribution in [2.24, 2.45) is 5.41 Å². The maximum atomic E-state index is 13.1. The summed E-state index contributed by atoms with van der Waals surface area (Å²) in [6, 6.07) is 16.0. The van der Waals surface area contributed by atoms with Crippen molar-refractivity contribution in [1.82, 2.24) is 10.6 Å². The molecule has 1 aliphatic carbocycles. The largest absolute Gasteiger partial charge is 0.481 e. The number of fused-ring (bicyclic) bond motifs is 3. The third-order valence-corrected chi connectivity index (χ3v) is 7.02. The van der Waals surface area contributed by atoms with E-state index in [2.05, 4.69) is 34.9 Å². The van der Waals surface area contributed by atoms with Gasteiger partial charge in [0.25, 0.3) is 0 Å². The number of carbonyl (C=O) groups excluding carboxylic acids is 2. The van der Waals surface area contributed by atoms with E-state index in [-0.39, 0.29) is 37.4 Å². The highest BCUT2D eigenvalue weighted by Crippen LogP contribution is 2.44. The van der Waals surface area contributed by atoms with E-state index in [1.807, 2.05) is 24.3 Å². The fourth-order valence-electron chi connectivity index (χ4n) is 4.93. The zero-order valence-electron chi connectivity index (χ0n) is 19.9. The van der Waals surface area contributed by atoms with Crippen molar-refractivity contribution >= 4 is 18.0 Å². The van der Waals surface area contributed by atoms with Crippen LogP contribution in [0.3, 0.4) is 0 Å². The van der Waals surface area contributed by atoms with Crippen LogP contribution in [0.1, 0.15) is 49.7 Å². The normalized spacial score (nSPS) is 17.1. The Morgan fingerprint density at radius 2 is 1.66 bits per heavy atom. The molecule has 186 valence electrons. The van der Waals surface area contributed by atoms with Crippen molar-refractivity contribution in [1.29, 1.82) is 0 Å². The summed E-state index contributed by atoms with van der Waals surface area (Å²) in [4.78, 5) is 36.6. The summed E-state index contributed by atoms with van der Waals surface area (Å²) >= 11 is 0. The van der Waals surface area contributed by atoms with Crippen LogP contribution in [-0.4, -0.2) is 55.5 Å². The Balaban J connectivity index is 1.36. The van der Waals surface area contributed by atoms with Gasteiger partial charge in [-0.15, -0.1) is 0 Å². The first-order valence-electron chi connectivity index (χ1n) is 12.1. The van der Waals surface area contributed by atoms with Gasteiger partial charge in [-0.25, -0.2) is 4.79 Å². The minimum atomic E-state index is -0.899. The molecule has 4 rings (SSSR count). The molecule has 2 amide bonds. The number of rotatable bonds is 9. The Bertz CT molecular complexity index is 1030. The van der Waals surface area contributed by atoms with Crippen LogP contribution >= 0.6 is 0 Å². The Kier molecular flexibility index (Phi) is 7.70. The monoisotopic (exact) mass is 480 g/mol. The molecule has 35 heavy (non-hydrogen) atoms. The Hall–Kier alpha value is -3.39. The smallest absolute Gasteiger partial charge is 0.407 e. The van der Waals surface area contributed by atoms with Gasteiger partial charge < -0.3 is 25.2 Å². The molecule has 0 radical (unpaired) electrons. The van der Waals surface area contributed by atoms with E-state index in [1.54, 1.807) is 6.92 Å². The lowest BCUT2D eigenvalue weighted by Gasteiger charge is -2.36. The molecule has 1 aliphatic heterocycles. The van der Waals surface area contributed by atoms with E-state index in [4.69, 9.17) is 14.6 Å². The van der Waals surface area contributed by atoms with Crippen LogP contribution < -0.4 is 10.6 Å². The highest BCUT2D eigenvalue weighted by Gasteiger charge is 2.41. The average Bonchev–Trinajstić information content (AvgIpc) is 3.19. The maximum absolute atomic E-state index is 13.1. The van der Waals surface area contributed by atoms with Gasteiger partial charge in [0.15, 0.2) is 0 Å². The molecule has 1 heterocycles. The highest BCUT2D eigenvalue weighted by molar-refractivity contribution is 5.84. The van der Waals surface area contributed by atoms with Gasteiger partial charge in [0.1, 0.15) is 6.61 Å². The second-order valence-corrected chi connectivity index (χ2v) is 9.38. The van der Waals surface area contributed by atoms with Crippen molar-refractivity contribution < 1.29 is 29.0 Å². The van der Waals surface area contributed by atoms with Crippen LogP contribution in [0.2, 0.25) is 0 Å². The maximum Gasteiger partial charge on any atom is 0.407 e. The number of benzene rings is 2. The molecule has 0 aromatic heterocycles. The molecule has 2 aromatic rings. The van der Waals surface area contributed by atoms with Gasteiger partial charge in [-0.1, -0.05) is 48.5 Å². The van der Waals surface area contributed by atoms with E-state index in [9.17, 15) is 14.4 Å². The first-order chi connectivity index (χ1) is 16.9. The summed E-state index contributed by atoms with van der Waals surface area (Å²) in [6.07, 6.45) is 0.690. The molecule has 1 atom stereocenters. The molecule has 0 saturated carbocycles. The number of carboxylic acid groups (broad SMARTS) is 1. The summed E-state index contributed by atoms with van der Waals surface area (Å²) in [7, 11) is 0. The lowest BCUT2D eigenvalue weighted by molar-refractivity contribution is -0.139. The van der Waals surface area contributed by atoms with Gasteiger partial charge in [0.2, 0.25) is 5.91 Å². The Morgan fingerprint density at radius 3 is 2.26 bits per heavy atom. The fraction of sp³-hybridized carbons (Fsp3) is 0.444. The molecule has 8 nitrogen and oxygen atoms in total. The molecule has 3 N–H and O–H groups in total. The molecule has 2 aromatic carbocycles. The summed E-state index contributed by atoms with van der Waals surface area (Å²) in [5.74, 6) is -1.13. The molecule has 1 unspecified atom stereocenters. The number of aliphatic carboxylic acids is 1. The predicted molar refractivity (Wildman–Crippen MR) is 130 cm³/mol. The van der Waals surface area contributed by atoms with Gasteiger partial charge in [0.05, 0.1) is 5.41 Å². The van der Waals surface area contributed by atoms with Crippen LogP contribution in [0.25, 0.3) is 11.1 Å². The van der Waals surface area contributed by atoms with Crippen molar-refractivity contribution in [2.45, 2.75) is 44.6 Å². The zero-order chi connectivity index (χ0) is 24.8. The first-order valence-corrected chi connectivity index (χ1v) is 12.1. The van der Waals surface area contributed by atoms with Crippen LogP contribution in [0.5, 0.6) is 0 Å². The number of hydrogen-bond donors (Lipinski definition) is 3. The van der Waals surface area contributed by atoms with E-state index in [0.29, 0.717) is 32.5 Å². The standard InChI is InChI=1S/C27H32N2O6/c1-18(10-11-24(30)31)29-25(32)27(12-14-34-15-13-27)17-28-26(33)35-16-23-21-8-4-2-6-19(21)20-7-3-5-9-22(20)23/h2-9,18,23H,10-17H2,1H3,(H,28,33)(H,29,32)(H,30,31). The third kappa shape index (κ3) is 5.65. The van der Waals surface area contributed by atoms with E-state index < -0.39 is 17.5 Å². The minimum absolute atomic E-state index is 0.0183. The summed E-state index contributed by atoms with van der Waals surface area (Å²) in [5.41, 5.74) is 3.77. The van der Waals surface area contributed by atoms with Gasteiger partial charge in [-0.05, 0) is 48.4 Å². The van der Waals surface area contributed by atoms with Gasteiger partial charge in [-0.3, -0.25) is 9.59 Å². The minimum Gasteiger partial charge on any atom is -0.481 e. The Morgan fingerprint density at radius 1 is 1.06 bits per heavy atom. The second kappa shape index (κ2) is 10.9. The first kappa shape index (κ1) is 24.7. The molecular formula is C27H32N2O6. The average molecular weight is 481 g/mol. The Labute approximate surface area is 205 Å². The molecule has 8 heteroatoms. The predicted octanol–water partition coefficient (Wildman–Crippen LogP) is 3.69. The molecular weight excluding hydrogens is 448 g/mol. The highest BCUT2D eigenvalue weighted by atomic mass is 16.5. The van der Waals surface area contributed by atoms with Crippen LogP contribution in [0, 0.1) is 5.41 Å². The van der Waals surface area contributed by atoms with E-state index >= 15 is 0 Å². The number of alkyl carbamates (subject to hydrolysis) is 1. The van der Waals surface area contributed by atoms with Crippen molar-refractivity contribution in [3.8, 4) is 11.1 Å². The SMILES string of the molecule is CC(CCC(=O)O)NC(=O)C1(CNC(=O)OCC2c3ccccc3-c3ccccc32)CCOCC1. The molecule has 0 spiro atoms. The molecule has 1 fully saturated rings. The number of ether oxygens (including phenoxy) is 2. The lowest BCUT2D eigenvalue weighted by atomic mass is 9.79. The number of nitrogens with one attached hydrogen (secondary N) is 2. The van der Waals surface area contributed by atoms with Crippen molar-refractivity contribution in [3.63, 3.8) is 0 Å². The van der Waals surface area contributed by atoms with Crippen LogP contribution in [-0.2, 0) is 19.1 Å². The molecule has 0 bridgehead atoms. The summed E-state index contributed by atoms with van der Waals surface area (Å²) < 4.78 is 11.1. The van der Waals surface area contributed by atoms with Crippen molar-refractivity contribution in [3.05, 3.63) is 59.7 Å². The third-order valence-electron chi connectivity index (χ3n) is 7.02. The molecule has 1 saturated heterocycles. The van der Waals surface area contributed by atoms with Crippen LogP contribution in [0.4, 0.5) is 4.79 Å². The van der Waals surface area contributed by atoms with Gasteiger partial charge >= 0.3 is 12.1 Å². The molecule has 2 aliphatic rings. The number of hydrogen-bond acceptors (Lipinski definition) is 5. The quantitative estimate of drug-likeness (QED) is 0.504. The van der Waals surface area contributed by atoms with Crippen molar-refractivity contribution in [2.75, 3.05) is 26.4 Å². The van der Waals surface area contributed by atoms with Crippen LogP contribution in [0.15, 0.2) is 48.5 Å². The topological polar surface area (TPSA) is 114 Å². The van der Waals surface area contributed by atoms with Gasteiger partial charge in [-0.2, -0.15) is 0 Å². The number of amides is 2. The zero-order valence-corrected chi connectivity index (χ0v) is 19.9. The van der Waals surface area contributed by atoms with Gasteiger partial charge in [0, 0.05) is 38.1 Å². The number of carboxylic acids is 1. The van der Waals surface area contributed by atoms with E-state index in [0.717, 1.165) is 22.3 Å². The summed E-state index contributed by atoms with van der Waals surface area (Å²) in [6.45, 7) is 2.96. The van der Waals surface area contributed by atoms with E-state index in [1.165, 1.54) is 0 Å². The lowest BCUT2D eigenvalue weighted by Crippen LogP contribution is -2.53.